The fraction of sp³-hybridized carbons (Fsp3) is 0.462. The van der Waals surface area contributed by atoms with Gasteiger partial charge in [-0.15, -0.1) is 0 Å². The molecule has 7 nitrogen and oxygen atoms in total. The normalized spacial score (nSPS) is 12.5. The van der Waals surface area contributed by atoms with Gasteiger partial charge in [0.1, 0.15) is 0 Å². The Bertz CT molecular complexity index is 622. The Morgan fingerprint density at radius 1 is 1.41 bits per heavy atom. The minimum atomic E-state index is -3.41. The molecule has 3 N–H and O–H groups in total. The van der Waals surface area contributed by atoms with Crippen molar-refractivity contribution in [1.29, 1.82) is 0 Å². The minimum absolute atomic E-state index is 0.0911. The summed E-state index contributed by atoms with van der Waals surface area (Å²) < 4.78 is 29.6. The number of rotatable bonds is 7. The number of benzene rings is 1. The van der Waals surface area contributed by atoms with Gasteiger partial charge < -0.3 is 15.4 Å². The second kappa shape index (κ2) is 8.21. The number of hydrogen-bond donors (Lipinski definition) is 3. The van der Waals surface area contributed by atoms with Gasteiger partial charge in [-0.25, -0.2) is 13.2 Å². The zero-order valence-corrected chi connectivity index (χ0v) is 14.2. The maximum absolute atomic E-state index is 11.8. The summed E-state index contributed by atoms with van der Waals surface area (Å²) in [6, 6.07) is 4.02. The summed E-state index contributed by atoms with van der Waals surface area (Å²) in [7, 11) is -1.84. The molecule has 0 fully saturated rings. The largest absolute Gasteiger partial charge is 0.383 e. The van der Waals surface area contributed by atoms with E-state index in [0.29, 0.717) is 12.3 Å². The summed E-state index contributed by atoms with van der Waals surface area (Å²) in [5, 5.41) is 5.57. The molecule has 1 aromatic rings. The number of ether oxygens (including phenoxy) is 1. The number of halogens is 1. The number of carbonyl (C=O) groups excluding carboxylic acids is 1. The standard InChI is InChI=1S/C13H20ClN3O4S/c1-4-9(8-21-2)15-13(18)16-10-5-6-12(11(14)7-10)17-22(3,19)20/h5-7,9,17H,4,8H2,1-3H3,(H2,15,16,18)/t9-/m1/s1. The highest BCUT2D eigenvalue weighted by Gasteiger charge is 2.11. The first-order chi connectivity index (χ1) is 10.2. The highest BCUT2D eigenvalue weighted by molar-refractivity contribution is 7.92. The van der Waals surface area contributed by atoms with Crippen LogP contribution in [0.15, 0.2) is 18.2 Å². The predicted molar refractivity (Wildman–Crippen MR) is 88.0 cm³/mol. The van der Waals surface area contributed by atoms with E-state index in [0.717, 1.165) is 12.7 Å². The van der Waals surface area contributed by atoms with Crippen LogP contribution in [0.3, 0.4) is 0 Å². The Morgan fingerprint density at radius 3 is 2.59 bits per heavy atom. The molecule has 0 radical (unpaired) electrons. The summed E-state index contributed by atoms with van der Waals surface area (Å²) in [6.07, 6.45) is 1.77. The lowest BCUT2D eigenvalue weighted by atomic mass is 10.2. The van der Waals surface area contributed by atoms with Crippen LogP contribution in [-0.4, -0.2) is 40.5 Å². The smallest absolute Gasteiger partial charge is 0.319 e. The molecule has 1 rings (SSSR count). The van der Waals surface area contributed by atoms with Crippen molar-refractivity contribution in [1.82, 2.24) is 5.32 Å². The van der Waals surface area contributed by atoms with Gasteiger partial charge in [-0.1, -0.05) is 18.5 Å². The molecule has 0 aromatic heterocycles. The van der Waals surface area contributed by atoms with Crippen LogP contribution in [0.1, 0.15) is 13.3 Å². The molecule has 9 heteroatoms. The third kappa shape index (κ3) is 6.50. The van der Waals surface area contributed by atoms with Crippen LogP contribution in [0.5, 0.6) is 0 Å². The number of sulfonamides is 1. The first-order valence-corrected chi connectivity index (χ1v) is 8.86. The Hall–Kier alpha value is -1.51. The molecule has 0 bridgehead atoms. The van der Waals surface area contributed by atoms with Crippen molar-refractivity contribution >= 4 is 39.0 Å². The third-order valence-electron chi connectivity index (χ3n) is 2.72. The van der Waals surface area contributed by atoms with Gasteiger partial charge in [-0.2, -0.15) is 0 Å². The molecule has 0 saturated heterocycles. The third-order valence-corrected chi connectivity index (χ3v) is 3.62. The lowest BCUT2D eigenvalue weighted by Gasteiger charge is -2.16. The summed E-state index contributed by atoms with van der Waals surface area (Å²) in [6.45, 7) is 2.36. The molecule has 0 spiro atoms. The highest BCUT2D eigenvalue weighted by atomic mass is 35.5. The van der Waals surface area contributed by atoms with Crippen LogP contribution in [-0.2, 0) is 14.8 Å². The van der Waals surface area contributed by atoms with Crippen molar-refractivity contribution < 1.29 is 17.9 Å². The van der Waals surface area contributed by atoms with Gasteiger partial charge in [-0.05, 0) is 24.6 Å². The van der Waals surface area contributed by atoms with Crippen molar-refractivity contribution in [2.75, 3.05) is 30.0 Å². The Balaban J connectivity index is 2.70. The molecule has 22 heavy (non-hydrogen) atoms. The molecule has 0 aliphatic heterocycles. The van der Waals surface area contributed by atoms with E-state index in [9.17, 15) is 13.2 Å². The lowest BCUT2D eigenvalue weighted by molar-refractivity contribution is 0.165. The SMILES string of the molecule is CC[C@H](COC)NC(=O)Nc1ccc(NS(C)(=O)=O)c(Cl)c1. The average Bonchev–Trinajstić information content (AvgIpc) is 2.40. The monoisotopic (exact) mass is 349 g/mol. The number of anilines is 2. The maximum atomic E-state index is 11.8. The second-order valence-electron chi connectivity index (χ2n) is 4.73. The molecular formula is C13H20ClN3O4S. The van der Waals surface area contributed by atoms with Crippen LogP contribution in [0, 0.1) is 0 Å². The number of carbonyl (C=O) groups is 1. The highest BCUT2D eigenvalue weighted by Crippen LogP contribution is 2.26. The van der Waals surface area contributed by atoms with Crippen LogP contribution in [0.4, 0.5) is 16.2 Å². The zero-order valence-electron chi connectivity index (χ0n) is 12.6. The summed E-state index contributed by atoms with van der Waals surface area (Å²) >= 11 is 5.98. The number of methoxy groups -OCH3 is 1. The fourth-order valence-electron chi connectivity index (χ4n) is 1.69. The van der Waals surface area contributed by atoms with Gasteiger partial charge in [0.2, 0.25) is 10.0 Å². The van der Waals surface area contributed by atoms with Gasteiger partial charge in [0.25, 0.3) is 0 Å². The van der Waals surface area contributed by atoms with Gasteiger partial charge in [-0.3, -0.25) is 4.72 Å². The van der Waals surface area contributed by atoms with Crippen LogP contribution in [0.25, 0.3) is 0 Å². The summed E-state index contributed by atoms with van der Waals surface area (Å²) in [4.78, 5) is 11.8. The molecule has 1 aromatic carbocycles. The number of hydrogen-bond acceptors (Lipinski definition) is 4. The van der Waals surface area contributed by atoms with E-state index in [4.69, 9.17) is 16.3 Å². The molecule has 0 saturated carbocycles. The van der Waals surface area contributed by atoms with Crippen LogP contribution >= 0.6 is 11.6 Å². The molecule has 0 aliphatic rings. The molecule has 0 aliphatic carbocycles. The van der Waals surface area contributed by atoms with Crippen molar-refractivity contribution in [2.24, 2.45) is 0 Å². The van der Waals surface area contributed by atoms with Crippen molar-refractivity contribution in [3.8, 4) is 0 Å². The van der Waals surface area contributed by atoms with Gasteiger partial charge in [0.15, 0.2) is 0 Å². The zero-order chi connectivity index (χ0) is 16.8. The second-order valence-corrected chi connectivity index (χ2v) is 6.88. The number of amides is 2. The lowest BCUT2D eigenvalue weighted by Crippen LogP contribution is -2.40. The quantitative estimate of drug-likeness (QED) is 0.703. The van der Waals surface area contributed by atoms with E-state index in [-0.39, 0.29) is 22.8 Å². The molecule has 1 atom stereocenters. The van der Waals surface area contributed by atoms with E-state index in [2.05, 4.69) is 15.4 Å². The topological polar surface area (TPSA) is 96.5 Å². The molecule has 2 amide bonds. The van der Waals surface area contributed by atoms with Gasteiger partial charge in [0.05, 0.1) is 29.6 Å². The molecule has 124 valence electrons. The van der Waals surface area contributed by atoms with Crippen LogP contribution in [0.2, 0.25) is 5.02 Å². The summed E-state index contributed by atoms with van der Waals surface area (Å²) in [5.74, 6) is 0. The maximum Gasteiger partial charge on any atom is 0.319 e. The van der Waals surface area contributed by atoms with Crippen molar-refractivity contribution in [3.63, 3.8) is 0 Å². The first kappa shape index (κ1) is 18.5. The van der Waals surface area contributed by atoms with Crippen molar-refractivity contribution in [2.45, 2.75) is 19.4 Å². The number of nitrogens with one attached hydrogen (secondary N) is 3. The van der Waals surface area contributed by atoms with E-state index >= 15 is 0 Å². The van der Waals surface area contributed by atoms with E-state index in [1.807, 2.05) is 6.92 Å². The predicted octanol–water partition coefficient (Wildman–Crippen LogP) is 2.26. The van der Waals surface area contributed by atoms with E-state index in [1.54, 1.807) is 13.2 Å². The number of urea groups is 1. The van der Waals surface area contributed by atoms with Crippen molar-refractivity contribution in [3.05, 3.63) is 23.2 Å². The Kier molecular flexibility index (Phi) is 6.92. The van der Waals surface area contributed by atoms with Gasteiger partial charge >= 0.3 is 6.03 Å². The van der Waals surface area contributed by atoms with Crippen LogP contribution < -0.4 is 15.4 Å². The fourth-order valence-corrected chi connectivity index (χ4v) is 2.55. The van der Waals surface area contributed by atoms with E-state index in [1.165, 1.54) is 12.1 Å². The summed E-state index contributed by atoms with van der Waals surface area (Å²) in [5.41, 5.74) is 0.703. The Labute approximate surface area is 135 Å². The molecule has 0 unspecified atom stereocenters. The molecule has 0 heterocycles. The average molecular weight is 350 g/mol. The van der Waals surface area contributed by atoms with E-state index < -0.39 is 10.0 Å². The Morgan fingerprint density at radius 2 is 2.09 bits per heavy atom. The minimum Gasteiger partial charge on any atom is -0.383 e. The first-order valence-electron chi connectivity index (χ1n) is 6.59. The molecular weight excluding hydrogens is 330 g/mol. The van der Waals surface area contributed by atoms with Gasteiger partial charge in [0, 0.05) is 12.8 Å².